The smallest absolute Gasteiger partial charge is 0.309 e. The summed E-state index contributed by atoms with van der Waals surface area (Å²) in [5.41, 5.74) is 0. The zero-order valence-corrected chi connectivity index (χ0v) is 10.8. The van der Waals surface area contributed by atoms with Gasteiger partial charge in [-0.25, -0.2) is 0 Å². The second-order valence-corrected chi connectivity index (χ2v) is 3.91. The zero-order chi connectivity index (χ0) is 12.2. The Kier molecular flexibility index (Phi) is 10.5. The average Bonchev–Trinajstić information content (AvgIpc) is 2.28. The molecular formula is C12H25NO3. The number of unbranched alkanes of at least 4 members (excludes halogenated alkanes) is 2. The van der Waals surface area contributed by atoms with E-state index in [-0.39, 0.29) is 11.9 Å². The Balaban J connectivity index is 3.27. The van der Waals surface area contributed by atoms with E-state index in [0.29, 0.717) is 13.2 Å². The first-order valence-corrected chi connectivity index (χ1v) is 6.08. The number of hydrogen-bond donors (Lipinski definition) is 1. The minimum atomic E-state index is -0.116. The average molecular weight is 231 g/mol. The number of methoxy groups -OCH3 is 1. The van der Waals surface area contributed by atoms with Crippen LogP contribution in [0, 0.1) is 5.92 Å². The second kappa shape index (κ2) is 10.9. The molecule has 0 rings (SSSR count). The highest BCUT2D eigenvalue weighted by molar-refractivity contribution is 5.72. The van der Waals surface area contributed by atoms with Crippen molar-refractivity contribution >= 4 is 5.97 Å². The Labute approximate surface area is 98.7 Å². The monoisotopic (exact) mass is 231 g/mol. The van der Waals surface area contributed by atoms with E-state index in [9.17, 15) is 4.79 Å². The molecule has 0 amide bonds. The topological polar surface area (TPSA) is 47.6 Å². The highest BCUT2D eigenvalue weighted by Gasteiger charge is 2.12. The molecule has 0 aliphatic heterocycles. The van der Waals surface area contributed by atoms with Crippen LogP contribution < -0.4 is 5.32 Å². The maximum atomic E-state index is 11.3. The third kappa shape index (κ3) is 8.68. The fraction of sp³-hybridized carbons (Fsp3) is 0.917. The van der Waals surface area contributed by atoms with Crippen molar-refractivity contribution in [1.82, 2.24) is 5.32 Å². The number of esters is 1. The van der Waals surface area contributed by atoms with Crippen molar-refractivity contribution in [3.05, 3.63) is 0 Å². The van der Waals surface area contributed by atoms with Crippen molar-refractivity contribution in [2.45, 2.75) is 33.1 Å². The van der Waals surface area contributed by atoms with E-state index in [1.807, 2.05) is 13.8 Å². The lowest BCUT2D eigenvalue weighted by molar-refractivity contribution is -0.147. The summed E-state index contributed by atoms with van der Waals surface area (Å²) < 4.78 is 9.88. The molecule has 0 radical (unpaired) electrons. The third-order valence-electron chi connectivity index (χ3n) is 2.34. The standard InChI is InChI=1S/C12H25NO3/c1-4-16-12(14)11(2)10-13-8-6-5-7-9-15-3/h11,13H,4-10H2,1-3H3. The summed E-state index contributed by atoms with van der Waals surface area (Å²) in [5, 5.41) is 3.26. The molecule has 0 aromatic rings. The molecule has 0 saturated heterocycles. The molecule has 4 nitrogen and oxygen atoms in total. The van der Waals surface area contributed by atoms with Crippen LogP contribution in [0.2, 0.25) is 0 Å². The minimum absolute atomic E-state index is 0.0566. The van der Waals surface area contributed by atoms with E-state index >= 15 is 0 Å². The Morgan fingerprint density at radius 1 is 1.31 bits per heavy atom. The van der Waals surface area contributed by atoms with E-state index < -0.39 is 0 Å². The maximum Gasteiger partial charge on any atom is 0.309 e. The van der Waals surface area contributed by atoms with Crippen molar-refractivity contribution in [2.75, 3.05) is 33.4 Å². The van der Waals surface area contributed by atoms with Gasteiger partial charge in [-0.1, -0.05) is 6.92 Å². The van der Waals surface area contributed by atoms with Crippen LogP contribution >= 0.6 is 0 Å². The number of carbonyl (C=O) groups is 1. The number of hydrogen-bond acceptors (Lipinski definition) is 4. The van der Waals surface area contributed by atoms with Gasteiger partial charge in [0, 0.05) is 20.3 Å². The van der Waals surface area contributed by atoms with Crippen LogP contribution in [0.25, 0.3) is 0 Å². The molecule has 1 unspecified atom stereocenters. The number of carbonyl (C=O) groups excluding carboxylic acids is 1. The Hall–Kier alpha value is -0.610. The van der Waals surface area contributed by atoms with Gasteiger partial charge in [-0.2, -0.15) is 0 Å². The van der Waals surface area contributed by atoms with Crippen molar-refractivity contribution in [3.8, 4) is 0 Å². The van der Waals surface area contributed by atoms with Crippen LogP contribution in [0.1, 0.15) is 33.1 Å². The van der Waals surface area contributed by atoms with Gasteiger partial charge in [0.05, 0.1) is 12.5 Å². The first-order chi connectivity index (χ1) is 7.72. The second-order valence-electron chi connectivity index (χ2n) is 3.91. The predicted molar refractivity (Wildman–Crippen MR) is 64.4 cm³/mol. The molecule has 0 heterocycles. The molecule has 0 aromatic heterocycles. The number of rotatable bonds is 10. The molecule has 0 aliphatic carbocycles. The molecular weight excluding hydrogens is 206 g/mol. The van der Waals surface area contributed by atoms with Gasteiger partial charge in [0.1, 0.15) is 0 Å². The van der Waals surface area contributed by atoms with Gasteiger partial charge in [0.2, 0.25) is 0 Å². The molecule has 0 aromatic carbocycles. The number of ether oxygens (including phenoxy) is 2. The highest BCUT2D eigenvalue weighted by atomic mass is 16.5. The lowest BCUT2D eigenvalue weighted by Crippen LogP contribution is -2.28. The highest BCUT2D eigenvalue weighted by Crippen LogP contribution is 1.98. The molecule has 16 heavy (non-hydrogen) atoms. The van der Waals surface area contributed by atoms with Crippen molar-refractivity contribution in [2.24, 2.45) is 5.92 Å². The van der Waals surface area contributed by atoms with Gasteiger partial charge in [-0.3, -0.25) is 4.79 Å². The lowest BCUT2D eigenvalue weighted by atomic mass is 10.2. The lowest BCUT2D eigenvalue weighted by Gasteiger charge is -2.11. The molecule has 0 saturated carbocycles. The predicted octanol–water partition coefficient (Wildman–Crippen LogP) is 1.59. The molecule has 0 aliphatic rings. The van der Waals surface area contributed by atoms with Crippen LogP contribution in [0.4, 0.5) is 0 Å². The van der Waals surface area contributed by atoms with E-state index in [2.05, 4.69) is 5.32 Å². The molecule has 0 spiro atoms. The van der Waals surface area contributed by atoms with Gasteiger partial charge in [-0.05, 0) is 32.7 Å². The van der Waals surface area contributed by atoms with Crippen LogP contribution in [0.5, 0.6) is 0 Å². The Bertz CT molecular complexity index is 174. The molecule has 96 valence electrons. The summed E-state index contributed by atoms with van der Waals surface area (Å²) in [4.78, 5) is 11.3. The van der Waals surface area contributed by atoms with Crippen LogP contribution in [0.3, 0.4) is 0 Å². The van der Waals surface area contributed by atoms with Gasteiger partial charge in [0.25, 0.3) is 0 Å². The van der Waals surface area contributed by atoms with E-state index in [1.54, 1.807) is 7.11 Å². The number of nitrogens with one attached hydrogen (secondary N) is 1. The summed E-state index contributed by atoms with van der Waals surface area (Å²) in [6, 6.07) is 0. The van der Waals surface area contributed by atoms with Crippen LogP contribution in [-0.2, 0) is 14.3 Å². The van der Waals surface area contributed by atoms with Crippen LogP contribution in [-0.4, -0.2) is 39.4 Å². The van der Waals surface area contributed by atoms with Gasteiger partial charge in [0.15, 0.2) is 0 Å². The summed E-state index contributed by atoms with van der Waals surface area (Å²) >= 11 is 0. The van der Waals surface area contributed by atoms with Gasteiger partial charge in [-0.15, -0.1) is 0 Å². The Morgan fingerprint density at radius 2 is 2.06 bits per heavy atom. The fourth-order valence-electron chi connectivity index (χ4n) is 1.36. The maximum absolute atomic E-state index is 11.3. The zero-order valence-electron chi connectivity index (χ0n) is 10.8. The fourth-order valence-corrected chi connectivity index (χ4v) is 1.36. The van der Waals surface area contributed by atoms with Gasteiger partial charge >= 0.3 is 5.97 Å². The van der Waals surface area contributed by atoms with E-state index in [0.717, 1.165) is 32.4 Å². The van der Waals surface area contributed by atoms with E-state index in [4.69, 9.17) is 9.47 Å². The van der Waals surface area contributed by atoms with Crippen molar-refractivity contribution < 1.29 is 14.3 Å². The molecule has 4 heteroatoms. The minimum Gasteiger partial charge on any atom is -0.466 e. The normalized spacial score (nSPS) is 12.4. The first-order valence-electron chi connectivity index (χ1n) is 6.08. The summed E-state index contributed by atoms with van der Waals surface area (Å²) in [6.07, 6.45) is 3.39. The van der Waals surface area contributed by atoms with Crippen LogP contribution in [0.15, 0.2) is 0 Å². The first kappa shape index (κ1) is 15.4. The van der Waals surface area contributed by atoms with Gasteiger partial charge < -0.3 is 14.8 Å². The summed E-state index contributed by atoms with van der Waals surface area (Å²) in [7, 11) is 1.72. The SMILES string of the molecule is CCOC(=O)C(C)CNCCCCCOC. The Morgan fingerprint density at radius 3 is 2.69 bits per heavy atom. The quantitative estimate of drug-likeness (QED) is 0.458. The molecule has 1 N–H and O–H groups in total. The van der Waals surface area contributed by atoms with Crippen molar-refractivity contribution in [3.63, 3.8) is 0 Å². The van der Waals surface area contributed by atoms with E-state index in [1.165, 1.54) is 0 Å². The molecule has 0 fully saturated rings. The molecule has 1 atom stereocenters. The molecule has 0 bridgehead atoms. The largest absolute Gasteiger partial charge is 0.466 e. The third-order valence-corrected chi connectivity index (χ3v) is 2.34. The summed E-state index contributed by atoms with van der Waals surface area (Å²) in [6.45, 7) is 6.65. The van der Waals surface area contributed by atoms with Crippen molar-refractivity contribution in [1.29, 1.82) is 0 Å². The summed E-state index contributed by atoms with van der Waals surface area (Å²) in [5.74, 6) is -0.173.